The summed E-state index contributed by atoms with van der Waals surface area (Å²) in [6.07, 6.45) is 8.98. The lowest BCUT2D eigenvalue weighted by Crippen LogP contribution is -2.54. The number of benzene rings is 2. The quantitative estimate of drug-likeness (QED) is 0.0204. The van der Waals surface area contributed by atoms with E-state index in [9.17, 15) is 19.2 Å². The number of anilines is 4. The van der Waals surface area contributed by atoms with Crippen LogP contribution in [0.4, 0.5) is 32.9 Å². The molecule has 6 amide bonds. The van der Waals surface area contributed by atoms with E-state index >= 15 is 0 Å². The third-order valence-electron chi connectivity index (χ3n) is 15.4. The molecule has 2 aromatic heterocycles. The summed E-state index contributed by atoms with van der Waals surface area (Å²) in [6.45, 7) is 14.4. The normalized spacial score (nSPS) is 12.2. The van der Waals surface area contributed by atoms with Crippen molar-refractivity contribution < 1.29 is 66.0 Å². The Kier molecular flexibility index (Phi) is 38.5. The molecule has 0 aliphatic carbocycles. The number of nitrogens with two attached hydrogens (primary N) is 4. The fraction of sp³-hybridized carbons (Fsp3) is 0.625. The number of carbonyl (C=O) groups is 4. The van der Waals surface area contributed by atoms with E-state index in [1.807, 2.05) is 24.3 Å². The van der Waals surface area contributed by atoms with Crippen molar-refractivity contribution >= 4 is 70.3 Å². The Labute approximate surface area is 564 Å². The first-order valence-electron chi connectivity index (χ1n) is 32.5. The standard InChI is InChI=1S/C64H104Cl2N16O12/c1-7-13-49(45-75-61(83)53-57(67)79-59(69)55(65)77-53)81(3,4)29-11-15-47-17-21-51(22-18-47)93-43-41-91-39-37-89-35-33-87-31-27-73-63(85)71-25-9-10-26-72-64(86)74-28-32-88-34-36-90-38-40-92-42-44-94-52-23-19-48(20-24-52)16-12-30-82(5,6)50(14-8-2)46-76-62(84)54-58(68)80-60(70)56(66)78-54/h17-24,49-50H,7-16,25-46H2,1-6H3,(H12-2,67,68,69,70,71,72,73,74,75,76,79,80,83,84,85,86)/p+2. The number of urea groups is 2. The Morgan fingerprint density at radius 3 is 1.09 bits per heavy atom. The van der Waals surface area contributed by atoms with Crippen molar-refractivity contribution in [2.45, 2.75) is 90.1 Å². The minimum Gasteiger partial charge on any atom is -0.491 e. The average Bonchev–Trinajstić information content (AvgIpc) is 0.857. The summed E-state index contributed by atoms with van der Waals surface area (Å²) in [5.41, 5.74) is 25.4. The highest BCUT2D eigenvalue weighted by atomic mass is 35.5. The molecule has 0 radical (unpaired) electrons. The van der Waals surface area contributed by atoms with Crippen LogP contribution in [0.1, 0.15) is 97.3 Å². The number of ether oxygens (including phenoxy) is 8. The van der Waals surface area contributed by atoms with Gasteiger partial charge in [-0.25, -0.2) is 29.5 Å². The van der Waals surface area contributed by atoms with Gasteiger partial charge in [0.05, 0.1) is 134 Å². The molecule has 28 nitrogen and oxygen atoms in total. The number of unbranched alkanes of at least 4 members (excludes halogenated alkanes) is 1. The fourth-order valence-corrected chi connectivity index (χ4v) is 10.1. The Morgan fingerprint density at radius 1 is 0.426 bits per heavy atom. The summed E-state index contributed by atoms with van der Waals surface area (Å²) < 4.78 is 46.7. The molecule has 0 bridgehead atoms. The van der Waals surface area contributed by atoms with Crippen LogP contribution in [0.2, 0.25) is 10.3 Å². The molecule has 14 N–H and O–H groups in total. The first-order chi connectivity index (χ1) is 45.2. The summed E-state index contributed by atoms with van der Waals surface area (Å²) >= 11 is 12.0. The van der Waals surface area contributed by atoms with Crippen molar-refractivity contribution in [3.05, 3.63) is 81.4 Å². The first kappa shape index (κ1) is 79.6. The van der Waals surface area contributed by atoms with E-state index in [0.717, 1.165) is 84.9 Å². The minimum atomic E-state index is -0.431. The van der Waals surface area contributed by atoms with E-state index in [4.69, 9.17) is 84.0 Å². The number of carbonyl (C=O) groups excluding carboxylic acids is 4. The van der Waals surface area contributed by atoms with Crippen LogP contribution in [0.25, 0.3) is 0 Å². The zero-order valence-corrected chi connectivity index (χ0v) is 57.6. The average molecular weight is 1360 g/mol. The summed E-state index contributed by atoms with van der Waals surface area (Å²) in [6, 6.07) is 16.0. The maximum atomic E-state index is 12.9. The second-order valence-electron chi connectivity index (χ2n) is 23.5. The van der Waals surface area contributed by atoms with Gasteiger partial charge < -0.3 is 102 Å². The highest BCUT2D eigenvalue weighted by molar-refractivity contribution is 6.32. The molecule has 4 aromatic rings. The fourth-order valence-electron chi connectivity index (χ4n) is 9.89. The minimum absolute atomic E-state index is 0.0173. The second kappa shape index (κ2) is 45.5. The van der Waals surface area contributed by atoms with Crippen molar-refractivity contribution in [2.75, 3.05) is 196 Å². The number of nitrogens with zero attached hydrogens (tertiary/aromatic N) is 6. The van der Waals surface area contributed by atoms with Crippen molar-refractivity contribution in [3.8, 4) is 11.5 Å². The Hall–Kier alpha value is -6.86. The molecular formula is C64H106Cl2N16O12+2. The van der Waals surface area contributed by atoms with Crippen LogP contribution in [0.5, 0.6) is 11.5 Å². The molecule has 0 saturated carbocycles. The van der Waals surface area contributed by atoms with Gasteiger partial charge in [-0.2, -0.15) is 0 Å². The van der Waals surface area contributed by atoms with Crippen molar-refractivity contribution in [3.63, 3.8) is 0 Å². The number of halogens is 2. The third kappa shape index (κ3) is 32.5. The summed E-state index contributed by atoms with van der Waals surface area (Å²) in [4.78, 5) is 65.8. The monoisotopic (exact) mass is 1360 g/mol. The molecule has 2 atom stereocenters. The molecular weight excluding hydrogens is 1260 g/mol. The van der Waals surface area contributed by atoms with Gasteiger partial charge in [-0.05, 0) is 61.1 Å². The molecule has 4 rings (SSSR count). The van der Waals surface area contributed by atoms with E-state index in [1.54, 1.807) is 0 Å². The maximum Gasteiger partial charge on any atom is 0.314 e. The second-order valence-corrected chi connectivity index (χ2v) is 24.2. The highest BCUT2D eigenvalue weighted by Crippen LogP contribution is 2.22. The Balaban J connectivity index is 0.855. The maximum absolute atomic E-state index is 12.9. The largest absolute Gasteiger partial charge is 0.491 e. The lowest BCUT2D eigenvalue weighted by molar-refractivity contribution is -0.914. The van der Waals surface area contributed by atoms with E-state index in [-0.39, 0.29) is 69.1 Å². The number of aromatic nitrogens is 4. The predicted octanol–water partition coefficient (Wildman–Crippen LogP) is 5.05. The Morgan fingerprint density at radius 2 is 0.745 bits per heavy atom. The molecule has 0 spiro atoms. The number of aryl methyl sites for hydroxylation is 2. The topological polar surface area (TPSA) is 370 Å². The van der Waals surface area contributed by atoms with Gasteiger partial charge in [-0.15, -0.1) is 0 Å². The van der Waals surface area contributed by atoms with Crippen molar-refractivity contribution in [1.82, 2.24) is 51.8 Å². The van der Waals surface area contributed by atoms with Gasteiger partial charge in [-0.1, -0.05) is 74.2 Å². The van der Waals surface area contributed by atoms with Gasteiger partial charge in [0.25, 0.3) is 11.8 Å². The van der Waals surface area contributed by atoms with Gasteiger partial charge >= 0.3 is 12.1 Å². The smallest absolute Gasteiger partial charge is 0.314 e. The SMILES string of the molecule is CCCC(CNC(=O)c1nc(Cl)c(N)nc1N)[N+](C)(C)CCCc1ccc(OCCOCCOCCOCCNC(=O)NCCCCNC(=O)NCCOCCOCCOCCOc2ccc(CCC[N+](C)(C)C(CCC)CNC(=O)c3nc(Cl)c(N)nc3N)cc2)cc1. The molecule has 94 heavy (non-hydrogen) atoms. The number of amides is 6. The molecule has 2 aromatic carbocycles. The Bertz CT molecular complexity index is 2630. The lowest BCUT2D eigenvalue weighted by atomic mass is 10.1. The molecule has 526 valence electrons. The van der Waals surface area contributed by atoms with Crippen LogP contribution >= 0.6 is 23.2 Å². The van der Waals surface area contributed by atoms with E-state index in [2.05, 4.69) is 118 Å². The first-order valence-corrected chi connectivity index (χ1v) is 33.3. The van der Waals surface area contributed by atoms with Crippen LogP contribution in [-0.2, 0) is 41.3 Å². The van der Waals surface area contributed by atoms with Gasteiger partial charge in [0.15, 0.2) is 45.0 Å². The number of hydrogen-bond donors (Lipinski definition) is 10. The molecule has 0 aliphatic rings. The summed E-state index contributed by atoms with van der Waals surface area (Å²) in [5, 5.41) is 16.9. The third-order valence-corrected chi connectivity index (χ3v) is 16.0. The zero-order chi connectivity index (χ0) is 68.4. The van der Waals surface area contributed by atoms with Crippen LogP contribution in [0, 0.1) is 0 Å². The number of quaternary nitrogens is 2. The van der Waals surface area contributed by atoms with Crippen LogP contribution < -0.4 is 64.3 Å². The molecule has 2 heterocycles. The van der Waals surface area contributed by atoms with Gasteiger partial charge in [0, 0.05) is 51.9 Å². The number of hydrogen-bond acceptors (Lipinski definition) is 20. The molecule has 30 heteroatoms. The molecule has 0 saturated heterocycles. The number of rotatable bonds is 51. The molecule has 0 fully saturated rings. The number of nitrogens with one attached hydrogen (secondary N) is 6. The van der Waals surface area contributed by atoms with Gasteiger partial charge in [0.1, 0.15) is 36.8 Å². The van der Waals surface area contributed by atoms with Crippen molar-refractivity contribution in [2.24, 2.45) is 0 Å². The molecule has 0 aliphatic heterocycles. The van der Waals surface area contributed by atoms with E-state index < -0.39 is 11.8 Å². The summed E-state index contributed by atoms with van der Waals surface area (Å²) in [5.74, 6) is 0.542. The van der Waals surface area contributed by atoms with E-state index in [1.165, 1.54) is 11.1 Å². The summed E-state index contributed by atoms with van der Waals surface area (Å²) in [7, 11) is 8.75. The predicted molar refractivity (Wildman–Crippen MR) is 365 cm³/mol. The van der Waals surface area contributed by atoms with Crippen LogP contribution in [0.3, 0.4) is 0 Å². The van der Waals surface area contributed by atoms with Gasteiger partial charge in [0.2, 0.25) is 0 Å². The van der Waals surface area contributed by atoms with Crippen LogP contribution in [-0.4, -0.2) is 238 Å². The van der Waals surface area contributed by atoms with Crippen molar-refractivity contribution in [1.29, 1.82) is 0 Å². The van der Waals surface area contributed by atoms with Gasteiger partial charge in [-0.3, -0.25) is 9.59 Å². The zero-order valence-electron chi connectivity index (χ0n) is 56.0. The lowest BCUT2D eigenvalue weighted by Gasteiger charge is -2.38. The van der Waals surface area contributed by atoms with E-state index in [0.29, 0.717) is 145 Å². The molecule has 2 unspecified atom stereocenters. The van der Waals surface area contributed by atoms with Crippen LogP contribution in [0.15, 0.2) is 48.5 Å². The number of likely N-dealkylation sites (N-methyl/N-ethyl adjacent to an activating group) is 2. The highest BCUT2D eigenvalue weighted by Gasteiger charge is 2.30. The number of nitrogen functional groups attached to an aromatic ring is 4.